The summed E-state index contributed by atoms with van der Waals surface area (Å²) in [5.74, 6) is 0.843. The summed E-state index contributed by atoms with van der Waals surface area (Å²) in [5.41, 5.74) is 0.802. The first-order chi connectivity index (χ1) is 8.74. The maximum atomic E-state index is 12.0. The predicted molar refractivity (Wildman–Crippen MR) is 70.4 cm³/mol. The first-order valence-electron chi connectivity index (χ1n) is 5.42. The summed E-state index contributed by atoms with van der Waals surface area (Å²) in [6.07, 6.45) is 0.973. The number of rotatable bonds is 1. The van der Waals surface area contributed by atoms with Gasteiger partial charge in [0.2, 0.25) is 6.10 Å². The third-order valence-corrected chi connectivity index (χ3v) is 3.14. The number of ether oxygens (including phenoxy) is 1. The van der Waals surface area contributed by atoms with Gasteiger partial charge in [-0.2, -0.15) is 0 Å². The van der Waals surface area contributed by atoms with E-state index >= 15 is 0 Å². The molecule has 0 spiro atoms. The van der Waals surface area contributed by atoms with Gasteiger partial charge in [-0.15, -0.1) is 0 Å². The van der Waals surface area contributed by atoms with Crippen molar-refractivity contribution in [1.29, 1.82) is 0 Å². The lowest BCUT2D eigenvalue weighted by atomic mass is 10.1. The Balaban J connectivity index is 1.98. The highest BCUT2D eigenvalue weighted by Crippen LogP contribution is 2.33. The van der Waals surface area contributed by atoms with E-state index in [1.807, 2.05) is 24.3 Å². The normalized spacial score (nSPS) is 17.6. The number of hydrogen-bond acceptors (Lipinski definition) is 3. The zero-order chi connectivity index (χ0) is 12.5. The number of anilines is 1. The molecule has 0 fully saturated rings. The summed E-state index contributed by atoms with van der Waals surface area (Å²) in [6.45, 7) is 0. The Kier molecular flexibility index (Phi) is 2.76. The van der Waals surface area contributed by atoms with Crippen molar-refractivity contribution >= 4 is 27.7 Å². The van der Waals surface area contributed by atoms with E-state index in [0.29, 0.717) is 11.6 Å². The van der Waals surface area contributed by atoms with Crippen LogP contribution in [0.25, 0.3) is 0 Å². The topological polar surface area (TPSA) is 51.2 Å². The first kappa shape index (κ1) is 11.2. The van der Waals surface area contributed by atoms with Crippen LogP contribution in [-0.4, -0.2) is 10.9 Å². The van der Waals surface area contributed by atoms with Crippen molar-refractivity contribution in [1.82, 2.24) is 4.98 Å². The average Bonchev–Trinajstić information content (AvgIpc) is 2.38. The molecule has 4 nitrogen and oxygen atoms in total. The first-order valence-corrected chi connectivity index (χ1v) is 6.21. The fourth-order valence-electron chi connectivity index (χ4n) is 1.83. The van der Waals surface area contributed by atoms with Crippen LogP contribution in [0.5, 0.6) is 5.75 Å². The highest BCUT2D eigenvalue weighted by Gasteiger charge is 2.29. The average molecular weight is 305 g/mol. The number of hydrogen-bond donors (Lipinski definition) is 1. The van der Waals surface area contributed by atoms with Crippen molar-refractivity contribution in [2.24, 2.45) is 0 Å². The molecule has 2 heterocycles. The van der Waals surface area contributed by atoms with Gasteiger partial charge in [0.25, 0.3) is 5.91 Å². The molecule has 1 aliphatic heterocycles. The van der Waals surface area contributed by atoms with Crippen molar-refractivity contribution in [3.8, 4) is 5.75 Å². The third-order valence-electron chi connectivity index (χ3n) is 2.65. The van der Waals surface area contributed by atoms with Gasteiger partial charge in [0.1, 0.15) is 0 Å². The van der Waals surface area contributed by atoms with Gasteiger partial charge in [-0.3, -0.25) is 4.79 Å². The fraction of sp³-hybridized carbons (Fsp3) is 0.0769. The summed E-state index contributed by atoms with van der Waals surface area (Å²) >= 11 is 3.38. The van der Waals surface area contributed by atoms with Crippen LogP contribution in [0.2, 0.25) is 0 Å². The molecule has 0 aliphatic carbocycles. The maximum absolute atomic E-state index is 12.0. The summed E-state index contributed by atoms with van der Waals surface area (Å²) in [7, 11) is 0. The lowest BCUT2D eigenvalue weighted by Crippen LogP contribution is -2.30. The number of aromatic nitrogens is 1. The molecular weight excluding hydrogens is 296 g/mol. The smallest absolute Gasteiger partial charge is 0.271 e. The van der Waals surface area contributed by atoms with Gasteiger partial charge in [0.15, 0.2) is 11.6 Å². The minimum atomic E-state index is -0.640. The highest BCUT2D eigenvalue weighted by molar-refractivity contribution is 9.10. The van der Waals surface area contributed by atoms with Crippen molar-refractivity contribution in [2.45, 2.75) is 6.10 Å². The molecule has 1 atom stereocenters. The van der Waals surface area contributed by atoms with E-state index in [4.69, 9.17) is 4.74 Å². The maximum Gasteiger partial charge on any atom is 0.271 e. The molecule has 0 saturated heterocycles. The van der Waals surface area contributed by atoms with E-state index in [1.165, 1.54) is 0 Å². The molecule has 2 aromatic rings. The highest BCUT2D eigenvalue weighted by atomic mass is 79.9. The Hall–Kier alpha value is -1.88. The molecule has 3 rings (SSSR count). The number of halogens is 1. The number of carbonyl (C=O) groups excluding carboxylic acids is 1. The van der Waals surface area contributed by atoms with Crippen molar-refractivity contribution < 1.29 is 9.53 Å². The van der Waals surface area contributed by atoms with E-state index in [0.717, 1.165) is 10.0 Å². The van der Waals surface area contributed by atoms with Crippen LogP contribution in [-0.2, 0) is 4.79 Å². The number of benzene rings is 1. The summed E-state index contributed by atoms with van der Waals surface area (Å²) in [4.78, 5) is 16.0. The van der Waals surface area contributed by atoms with Crippen molar-refractivity contribution in [2.75, 3.05) is 5.32 Å². The second-order valence-corrected chi connectivity index (χ2v) is 4.81. The van der Waals surface area contributed by atoms with E-state index in [-0.39, 0.29) is 5.91 Å². The Labute approximate surface area is 112 Å². The minimum absolute atomic E-state index is 0.209. The van der Waals surface area contributed by atoms with Crippen LogP contribution in [0.3, 0.4) is 0 Å². The summed E-state index contributed by atoms with van der Waals surface area (Å²) in [5, 5.41) is 2.74. The van der Waals surface area contributed by atoms with Gasteiger partial charge in [-0.05, 0) is 24.3 Å². The molecule has 1 aromatic heterocycles. The number of amides is 1. The van der Waals surface area contributed by atoms with E-state index in [2.05, 4.69) is 26.2 Å². The molecule has 0 radical (unpaired) electrons. The second kappa shape index (κ2) is 4.42. The van der Waals surface area contributed by atoms with Gasteiger partial charge < -0.3 is 10.1 Å². The van der Waals surface area contributed by atoms with Crippen molar-refractivity contribution in [3.63, 3.8) is 0 Å². The Morgan fingerprint density at radius 1 is 1.28 bits per heavy atom. The van der Waals surface area contributed by atoms with Gasteiger partial charge in [-0.1, -0.05) is 28.1 Å². The Bertz CT molecular complexity index is 615. The van der Waals surface area contributed by atoms with Crippen LogP contribution in [0.1, 0.15) is 11.7 Å². The van der Waals surface area contributed by atoms with Gasteiger partial charge >= 0.3 is 0 Å². The number of carbonyl (C=O) groups is 1. The second-order valence-electron chi connectivity index (χ2n) is 3.89. The van der Waals surface area contributed by atoms with Gasteiger partial charge in [0.05, 0.1) is 0 Å². The summed E-state index contributed by atoms with van der Waals surface area (Å²) < 4.78 is 6.60. The molecule has 90 valence electrons. The Morgan fingerprint density at radius 2 is 2.17 bits per heavy atom. The van der Waals surface area contributed by atoms with E-state index in [1.54, 1.807) is 18.3 Å². The van der Waals surface area contributed by atoms with Crippen LogP contribution in [0.4, 0.5) is 5.82 Å². The molecule has 0 saturated carbocycles. The molecule has 1 amide bonds. The lowest BCUT2D eigenvalue weighted by molar-refractivity contribution is -0.123. The number of fused-ring (bicyclic) bond motifs is 1. The SMILES string of the molecule is O=C1Nc2ncccc2OC1c1cccc(Br)c1. The lowest BCUT2D eigenvalue weighted by Gasteiger charge is -2.25. The molecule has 1 aromatic carbocycles. The van der Waals surface area contributed by atoms with Gasteiger partial charge in [-0.25, -0.2) is 4.98 Å². The van der Waals surface area contributed by atoms with E-state index < -0.39 is 6.10 Å². The van der Waals surface area contributed by atoms with Crippen LogP contribution in [0.15, 0.2) is 47.1 Å². The molecular formula is C13H9BrN2O2. The minimum Gasteiger partial charge on any atom is -0.472 e. The number of nitrogens with zero attached hydrogens (tertiary/aromatic N) is 1. The standard InChI is InChI=1S/C13H9BrN2O2/c14-9-4-1-3-8(7-9)11-13(17)16-12-10(18-11)5-2-6-15-12/h1-7,11H,(H,15,16,17). The van der Waals surface area contributed by atoms with Crippen LogP contribution < -0.4 is 10.1 Å². The van der Waals surface area contributed by atoms with Crippen LogP contribution >= 0.6 is 15.9 Å². The molecule has 1 aliphatic rings. The predicted octanol–water partition coefficient (Wildman–Crippen LogP) is 2.92. The molecule has 1 unspecified atom stereocenters. The third kappa shape index (κ3) is 1.97. The molecule has 5 heteroatoms. The number of nitrogens with one attached hydrogen (secondary N) is 1. The zero-order valence-corrected chi connectivity index (χ0v) is 10.8. The summed E-state index contributed by atoms with van der Waals surface area (Å²) in [6, 6.07) is 11.1. The fourth-order valence-corrected chi connectivity index (χ4v) is 2.25. The quantitative estimate of drug-likeness (QED) is 0.881. The molecule has 0 bridgehead atoms. The van der Waals surface area contributed by atoms with Gasteiger partial charge in [0, 0.05) is 16.2 Å². The van der Waals surface area contributed by atoms with Crippen molar-refractivity contribution in [3.05, 3.63) is 52.6 Å². The van der Waals surface area contributed by atoms with E-state index in [9.17, 15) is 4.79 Å². The zero-order valence-electron chi connectivity index (χ0n) is 9.26. The monoisotopic (exact) mass is 304 g/mol. The largest absolute Gasteiger partial charge is 0.472 e. The molecule has 1 N–H and O–H groups in total. The van der Waals surface area contributed by atoms with Crippen LogP contribution in [0, 0.1) is 0 Å². The molecule has 18 heavy (non-hydrogen) atoms. The number of pyridine rings is 1. The Morgan fingerprint density at radius 3 is 3.00 bits per heavy atom.